The molecular formula is C62H34O4. The minimum absolute atomic E-state index is 0.843. The highest BCUT2D eigenvalue weighted by atomic mass is 16.3. The lowest BCUT2D eigenvalue weighted by atomic mass is 9.84. The number of rotatable bonds is 4. The number of hydrogen-bond acceptors (Lipinski definition) is 4. The van der Waals surface area contributed by atoms with Crippen LogP contribution in [0.1, 0.15) is 0 Å². The molecule has 0 radical (unpaired) electrons. The Labute approximate surface area is 376 Å². The second-order valence-electron chi connectivity index (χ2n) is 17.4. The van der Waals surface area contributed by atoms with Gasteiger partial charge in [-0.2, -0.15) is 0 Å². The first-order valence-electron chi connectivity index (χ1n) is 22.4. The smallest absolute Gasteiger partial charge is 0.143 e. The van der Waals surface area contributed by atoms with Crippen molar-refractivity contribution in [2.24, 2.45) is 0 Å². The fourth-order valence-electron chi connectivity index (χ4n) is 11.1. The van der Waals surface area contributed by atoms with Gasteiger partial charge in [-0.3, -0.25) is 0 Å². The van der Waals surface area contributed by atoms with E-state index in [9.17, 15) is 0 Å². The maximum absolute atomic E-state index is 7.02. The lowest BCUT2D eigenvalue weighted by molar-refractivity contribution is 0.668. The highest BCUT2D eigenvalue weighted by molar-refractivity contribution is 6.29. The van der Waals surface area contributed by atoms with Crippen LogP contribution < -0.4 is 0 Å². The summed E-state index contributed by atoms with van der Waals surface area (Å²) in [6, 6.07) is 72.9. The molecular weight excluding hydrogens is 809 g/mol. The van der Waals surface area contributed by atoms with E-state index in [0.29, 0.717) is 0 Å². The average Bonchev–Trinajstić information content (AvgIpc) is 4.16. The molecule has 0 atom stereocenters. The summed E-state index contributed by atoms with van der Waals surface area (Å²) < 4.78 is 26.9. The molecule has 0 saturated carbocycles. The van der Waals surface area contributed by atoms with Crippen LogP contribution in [0.5, 0.6) is 0 Å². The van der Waals surface area contributed by atoms with Crippen molar-refractivity contribution in [2.75, 3.05) is 0 Å². The van der Waals surface area contributed by atoms with Crippen LogP contribution in [0.3, 0.4) is 0 Å². The Hall–Kier alpha value is -8.86. The third kappa shape index (κ3) is 4.87. The van der Waals surface area contributed by atoms with Gasteiger partial charge in [0.05, 0.1) is 0 Å². The highest BCUT2D eigenvalue weighted by Crippen LogP contribution is 2.51. The second-order valence-corrected chi connectivity index (χ2v) is 17.4. The van der Waals surface area contributed by atoms with Gasteiger partial charge in [0, 0.05) is 70.9 Å². The summed E-state index contributed by atoms with van der Waals surface area (Å²) in [5, 5.41) is 13.2. The van der Waals surface area contributed by atoms with Crippen molar-refractivity contribution >= 4 is 109 Å². The number of hydrogen-bond donors (Lipinski definition) is 0. The van der Waals surface area contributed by atoms with E-state index >= 15 is 0 Å². The summed E-state index contributed by atoms with van der Waals surface area (Å²) in [5.41, 5.74) is 15.6. The first-order valence-corrected chi connectivity index (χ1v) is 22.4. The Morgan fingerprint density at radius 1 is 0.212 bits per heavy atom. The van der Waals surface area contributed by atoms with Crippen LogP contribution in [0.4, 0.5) is 0 Å². The molecule has 0 aliphatic heterocycles. The minimum atomic E-state index is 0.843. The quantitative estimate of drug-likeness (QED) is 0.166. The van der Waals surface area contributed by atoms with Crippen molar-refractivity contribution in [1.29, 1.82) is 0 Å². The summed E-state index contributed by atoms with van der Waals surface area (Å²) in [4.78, 5) is 0. The molecule has 11 aromatic carbocycles. The minimum Gasteiger partial charge on any atom is -0.456 e. The molecule has 66 heavy (non-hydrogen) atoms. The largest absolute Gasteiger partial charge is 0.456 e. The molecule has 0 aliphatic rings. The van der Waals surface area contributed by atoms with Crippen LogP contribution in [-0.2, 0) is 0 Å². The van der Waals surface area contributed by atoms with Crippen LogP contribution in [0.25, 0.3) is 154 Å². The average molecular weight is 843 g/mol. The van der Waals surface area contributed by atoms with Crippen LogP contribution in [0.15, 0.2) is 224 Å². The number of benzene rings is 11. The highest BCUT2D eigenvalue weighted by Gasteiger charge is 2.26. The predicted molar refractivity (Wildman–Crippen MR) is 272 cm³/mol. The first-order chi connectivity index (χ1) is 32.7. The van der Waals surface area contributed by atoms with Crippen LogP contribution >= 0.6 is 0 Å². The summed E-state index contributed by atoms with van der Waals surface area (Å²) in [7, 11) is 0. The van der Waals surface area contributed by atoms with Gasteiger partial charge in [-0.05, 0) is 86.8 Å². The number of para-hydroxylation sites is 5. The van der Waals surface area contributed by atoms with Crippen molar-refractivity contribution in [3.63, 3.8) is 0 Å². The van der Waals surface area contributed by atoms with E-state index in [1.165, 1.54) is 0 Å². The van der Waals surface area contributed by atoms with Gasteiger partial charge >= 0.3 is 0 Å². The normalized spacial score (nSPS) is 12.2. The standard InChI is InChI=1S/C62H34O4/c1-3-18-41-39(16-1)56(48-31-29-36(58-46-20-7-11-26-53(46)65-61(48)58)35-28-33-55-50(34-35)38-15-6-9-24-51(38)63-55)40-17-2-4-19-42(40)57(41)49-32-30-43(59-47-21-8-12-27-54(47)66-62(49)59)45-23-13-22-44-37-14-5-10-25-52(37)64-60(44)45/h1-34H. The third-order valence-electron chi connectivity index (χ3n) is 13.9. The summed E-state index contributed by atoms with van der Waals surface area (Å²) in [6.07, 6.45) is 0. The monoisotopic (exact) mass is 842 g/mol. The predicted octanol–water partition coefficient (Wildman–Crippen LogP) is 18.3. The van der Waals surface area contributed by atoms with E-state index in [-0.39, 0.29) is 0 Å². The lowest BCUT2D eigenvalue weighted by Gasteiger charge is -2.19. The van der Waals surface area contributed by atoms with Crippen molar-refractivity contribution in [2.45, 2.75) is 0 Å². The molecule has 4 heterocycles. The van der Waals surface area contributed by atoms with Gasteiger partial charge in [0.1, 0.15) is 44.7 Å². The third-order valence-corrected chi connectivity index (χ3v) is 13.9. The van der Waals surface area contributed by atoms with Crippen molar-refractivity contribution in [3.8, 4) is 44.5 Å². The van der Waals surface area contributed by atoms with Gasteiger partial charge in [0.15, 0.2) is 0 Å². The molecule has 306 valence electrons. The Bertz CT molecular complexity index is 4480. The molecule has 0 spiro atoms. The van der Waals surface area contributed by atoms with Crippen molar-refractivity contribution in [3.05, 3.63) is 206 Å². The van der Waals surface area contributed by atoms with E-state index < -0.39 is 0 Å². The molecule has 15 rings (SSSR count). The van der Waals surface area contributed by atoms with E-state index in [2.05, 4.69) is 176 Å². The van der Waals surface area contributed by atoms with E-state index in [4.69, 9.17) is 17.7 Å². The van der Waals surface area contributed by atoms with Crippen LogP contribution in [0, 0.1) is 0 Å². The van der Waals surface area contributed by atoms with E-state index in [0.717, 1.165) is 154 Å². The van der Waals surface area contributed by atoms with Gasteiger partial charge in [-0.1, -0.05) is 158 Å². The Morgan fingerprint density at radius 2 is 0.606 bits per heavy atom. The van der Waals surface area contributed by atoms with Gasteiger partial charge in [0.2, 0.25) is 0 Å². The van der Waals surface area contributed by atoms with Crippen LogP contribution in [0.2, 0.25) is 0 Å². The SMILES string of the molecule is c1ccc2c(c1)oc1ccc(-c3ccc(-c4c5ccccc5c(-c5ccc(-c6cccc7c6oc6ccccc67)c6c5oc5ccccc56)c5ccccc45)c4oc5ccccc5c34)cc12. The van der Waals surface area contributed by atoms with Crippen LogP contribution in [-0.4, -0.2) is 0 Å². The van der Waals surface area contributed by atoms with Crippen molar-refractivity contribution in [1.82, 2.24) is 0 Å². The molecule has 4 nitrogen and oxygen atoms in total. The van der Waals surface area contributed by atoms with Gasteiger partial charge < -0.3 is 17.7 Å². The maximum atomic E-state index is 7.02. The van der Waals surface area contributed by atoms with Gasteiger partial charge in [0.25, 0.3) is 0 Å². The molecule has 0 aliphatic carbocycles. The lowest BCUT2D eigenvalue weighted by Crippen LogP contribution is -1.92. The molecule has 15 aromatic rings. The fraction of sp³-hybridized carbons (Fsp3) is 0. The Balaban J connectivity index is 1.00. The number of fused-ring (bicyclic) bond motifs is 14. The van der Waals surface area contributed by atoms with Crippen molar-refractivity contribution < 1.29 is 17.7 Å². The molecule has 0 saturated heterocycles. The molecule has 0 amide bonds. The summed E-state index contributed by atoms with van der Waals surface area (Å²) in [6.45, 7) is 0. The summed E-state index contributed by atoms with van der Waals surface area (Å²) >= 11 is 0. The Morgan fingerprint density at radius 3 is 1.18 bits per heavy atom. The van der Waals surface area contributed by atoms with E-state index in [1.54, 1.807) is 0 Å². The zero-order valence-corrected chi connectivity index (χ0v) is 35.3. The second kappa shape index (κ2) is 13.3. The summed E-state index contributed by atoms with van der Waals surface area (Å²) in [5.74, 6) is 0. The molecule has 0 bridgehead atoms. The molecule has 4 heteroatoms. The fourth-order valence-corrected chi connectivity index (χ4v) is 11.1. The Kier molecular flexibility index (Phi) is 7.19. The van der Waals surface area contributed by atoms with E-state index in [1.807, 2.05) is 30.3 Å². The number of furan rings is 4. The van der Waals surface area contributed by atoms with Gasteiger partial charge in [-0.15, -0.1) is 0 Å². The molecule has 0 fully saturated rings. The van der Waals surface area contributed by atoms with Gasteiger partial charge in [-0.25, -0.2) is 0 Å². The zero-order chi connectivity index (χ0) is 43.0. The first kappa shape index (κ1) is 35.6. The molecule has 0 N–H and O–H groups in total. The zero-order valence-electron chi connectivity index (χ0n) is 35.3. The molecule has 4 aromatic heterocycles. The molecule has 0 unspecified atom stereocenters. The topological polar surface area (TPSA) is 52.6 Å². The maximum Gasteiger partial charge on any atom is 0.143 e.